The van der Waals surface area contributed by atoms with Crippen LogP contribution in [0.1, 0.15) is 15.9 Å². The molecular formula is C18H15BrN4O. The van der Waals surface area contributed by atoms with Gasteiger partial charge in [0.1, 0.15) is 0 Å². The predicted molar refractivity (Wildman–Crippen MR) is 98.6 cm³/mol. The number of benzene rings is 2. The summed E-state index contributed by atoms with van der Waals surface area (Å²) in [5, 5.41) is 14.1. The molecule has 0 saturated heterocycles. The minimum Gasteiger partial charge on any atom is -0.339 e. The fourth-order valence-electron chi connectivity index (χ4n) is 2.11. The molecule has 0 aliphatic carbocycles. The Morgan fingerprint density at radius 1 is 0.917 bits per heavy atom. The lowest BCUT2D eigenvalue weighted by Gasteiger charge is -2.08. The molecule has 0 bridgehead atoms. The monoisotopic (exact) mass is 382 g/mol. The van der Waals surface area contributed by atoms with Crippen LogP contribution >= 0.6 is 15.9 Å². The van der Waals surface area contributed by atoms with Gasteiger partial charge in [-0.2, -0.15) is 0 Å². The van der Waals surface area contributed by atoms with Crippen LogP contribution in [-0.2, 0) is 0 Å². The summed E-state index contributed by atoms with van der Waals surface area (Å²) in [7, 11) is 0. The van der Waals surface area contributed by atoms with E-state index in [1.807, 2.05) is 43.3 Å². The second kappa shape index (κ2) is 7.23. The largest absolute Gasteiger partial charge is 0.339 e. The van der Waals surface area contributed by atoms with Crippen molar-refractivity contribution in [1.82, 2.24) is 10.2 Å². The number of amides is 1. The van der Waals surface area contributed by atoms with E-state index in [1.54, 1.807) is 24.3 Å². The highest BCUT2D eigenvalue weighted by Gasteiger charge is 2.07. The number of hydrogen-bond acceptors (Lipinski definition) is 4. The Kier molecular flexibility index (Phi) is 4.86. The molecule has 24 heavy (non-hydrogen) atoms. The summed E-state index contributed by atoms with van der Waals surface area (Å²) in [5.74, 6) is 0.792. The Morgan fingerprint density at radius 3 is 2.25 bits per heavy atom. The van der Waals surface area contributed by atoms with E-state index in [4.69, 9.17) is 0 Å². The van der Waals surface area contributed by atoms with E-state index < -0.39 is 0 Å². The number of carbonyl (C=O) groups excluding carboxylic acids is 1. The van der Waals surface area contributed by atoms with E-state index in [-0.39, 0.29) is 5.91 Å². The van der Waals surface area contributed by atoms with Gasteiger partial charge in [0.05, 0.1) is 0 Å². The zero-order valence-electron chi connectivity index (χ0n) is 13.0. The normalized spacial score (nSPS) is 10.2. The average Bonchev–Trinajstić information content (AvgIpc) is 2.59. The molecule has 5 nitrogen and oxygen atoms in total. The van der Waals surface area contributed by atoms with Crippen molar-refractivity contribution in [3.05, 3.63) is 76.3 Å². The highest BCUT2D eigenvalue weighted by Crippen LogP contribution is 2.19. The van der Waals surface area contributed by atoms with Gasteiger partial charge in [0.15, 0.2) is 11.6 Å². The molecule has 0 radical (unpaired) electrons. The molecule has 2 aromatic carbocycles. The number of hydrogen-bond donors (Lipinski definition) is 2. The van der Waals surface area contributed by atoms with Crippen molar-refractivity contribution in [2.75, 3.05) is 10.6 Å². The zero-order chi connectivity index (χ0) is 16.9. The van der Waals surface area contributed by atoms with Gasteiger partial charge in [0.25, 0.3) is 5.91 Å². The summed E-state index contributed by atoms with van der Waals surface area (Å²) in [6.45, 7) is 2.02. The Bertz CT molecular complexity index is 848. The van der Waals surface area contributed by atoms with Crippen LogP contribution in [0.5, 0.6) is 0 Å². The third-order valence-corrected chi connectivity index (χ3v) is 3.95. The van der Waals surface area contributed by atoms with Crippen molar-refractivity contribution in [1.29, 1.82) is 0 Å². The van der Waals surface area contributed by atoms with Gasteiger partial charge < -0.3 is 10.6 Å². The molecule has 3 rings (SSSR count). The van der Waals surface area contributed by atoms with E-state index in [0.717, 1.165) is 15.7 Å². The van der Waals surface area contributed by atoms with Crippen molar-refractivity contribution in [2.24, 2.45) is 0 Å². The van der Waals surface area contributed by atoms with Crippen LogP contribution in [0, 0.1) is 6.92 Å². The lowest BCUT2D eigenvalue weighted by Crippen LogP contribution is -2.13. The standard InChI is InChI=1S/C18H15BrN4O/c1-12-4-2-3-5-15(12)20-16-10-11-17(23-22-16)21-18(24)13-6-8-14(19)9-7-13/h2-11H,1H3,(H,20,22)(H,21,23,24). The molecule has 0 atom stereocenters. The fraction of sp³-hybridized carbons (Fsp3) is 0.0556. The molecule has 6 heteroatoms. The number of carbonyl (C=O) groups is 1. The number of rotatable bonds is 4. The van der Waals surface area contributed by atoms with Gasteiger partial charge >= 0.3 is 0 Å². The maximum absolute atomic E-state index is 12.1. The smallest absolute Gasteiger partial charge is 0.256 e. The van der Waals surface area contributed by atoms with Crippen molar-refractivity contribution in [3.8, 4) is 0 Å². The average molecular weight is 383 g/mol. The number of nitrogens with one attached hydrogen (secondary N) is 2. The first-order valence-corrected chi connectivity index (χ1v) is 8.14. The van der Waals surface area contributed by atoms with Gasteiger partial charge in [-0.15, -0.1) is 10.2 Å². The van der Waals surface area contributed by atoms with Crippen molar-refractivity contribution in [2.45, 2.75) is 6.92 Å². The molecule has 0 unspecified atom stereocenters. The molecule has 0 aliphatic heterocycles. The lowest BCUT2D eigenvalue weighted by molar-refractivity contribution is 0.102. The Balaban J connectivity index is 1.67. The fourth-order valence-corrected chi connectivity index (χ4v) is 2.37. The Morgan fingerprint density at radius 2 is 1.58 bits per heavy atom. The first kappa shape index (κ1) is 16.1. The van der Waals surface area contributed by atoms with Gasteiger partial charge in [0.2, 0.25) is 0 Å². The third kappa shape index (κ3) is 3.97. The lowest BCUT2D eigenvalue weighted by atomic mass is 10.2. The quantitative estimate of drug-likeness (QED) is 0.694. The molecule has 0 aliphatic rings. The SMILES string of the molecule is Cc1ccccc1Nc1ccc(NC(=O)c2ccc(Br)cc2)nn1. The molecule has 1 amide bonds. The summed E-state index contributed by atoms with van der Waals surface area (Å²) in [6, 6.07) is 18.5. The van der Waals surface area contributed by atoms with Crippen molar-refractivity contribution in [3.63, 3.8) is 0 Å². The Hall–Kier alpha value is -2.73. The third-order valence-electron chi connectivity index (χ3n) is 3.42. The predicted octanol–water partition coefficient (Wildman–Crippen LogP) is 4.54. The van der Waals surface area contributed by atoms with Gasteiger partial charge in [0, 0.05) is 15.7 Å². The Labute approximate surface area is 148 Å². The summed E-state index contributed by atoms with van der Waals surface area (Å²) >= 11 is 3.34. The number of halogens is 1. The molecule has 0 fully saturated rings. The molecule has 120 valence electrons. The van der Waals surface area contributed by atoms with Crippen LogP contribution in [-0.4, -0.2) is 16.1 Å². The highest BCUT2D eigenvalue weighted by molar-refractivity contribution is 9.10. The van der Waals surface area contributed by atoms with Gasteiger partial charge in [-0.1, -0.05) is 34.1 Å². The molecule has 3 aromatic rings. The topological polar surface area (TPSA) is 66.9 Å². The van der Waals surface area contributed by atoms with Crippen molar-refractivity contribution < 1.29 is 4.79 Å². The molecule has 1 aromatic heterocycles. The van der Waals surface area contributed by atoms with Crippen molar-refractivity contribution >= 4 is 39.2 Å². The maximum Gasteiger partial charge on any atom is 0.256 e. The maximum atomic E-state index is 12.1. The van der Waals surface area contributed by atoms with Crippen LogP contribution < -0.4 is 10.6 Å². The first-order chi connectivity index (χ1) is 11.6. The number of nitrogens with zero attached hydrogens (tertiary/aromatic N) is 2. The summed E-state index contributed by atoms with van der Waals surface area (Å²) < 4.78 is 0.922. The minimum atomic E-state index is -0.226. The summed E-state index contributed by atoms with van der Waals surface area (Å²) in [6.07, 6.45) is 0. The van der Waals surface area contributed by atoms with Gasteiger partial charge in [-0.25, -0.2) is 0 Å². The van der Waals surface area contributed by atoms with E-state index in [2.05, 4.69) is 36.8 Å². The molecular weight excluding hydrogens is 368 g/mol. The zero-order valence-corrected chi connectivity index (χ0v) is 14.5. The second-order valence-electron chi connectivity index (χ2n) is 5.20. The van der Waals surface area contributed by atoms with E-state index in [0.29, 0.717) is 17.2 Å². The number of aromatic nitrogens is 2. The van der Waals surface area contributed by atoms with Gasteiger partial charge in [-0.05, 0) is 55.0 Å². The summed E-state index contributed by atoms with van der Waals surface area (Å²) in [4.78, 5) is 12.1. The second-order valence-corrected chi connectivity index (χ2v) is 6.12. The number of anilines is 3. The molecule has 0 spiro atoms. The van der Waals surface area contributed by atoms with Crippen LogP contribution in [0.15, 0.2) is 65.1 Å². The molecule has 1 heterocycles. The van der Waals surface area contributed by atoms with E-state index >= 15 is 0 Å². The highest BCUT2D eigenvalue weighted by atomic mass is 79.9. The minimum absolute atomic E-state index is 0.226. The van der Waals surface area contributed by atoms with Crippen LogP contribution in [0.25, 0.3) is 0 Å². The summed E-state index contributed by atoms with van der Waals surface area (Å²) in [5.41, 5.74) is 2.65. The molecule has 2 N–H and O–H groups in total. The number of aryl methyl sites for hydroxylation is 1. The van der Waals surface area contributed by atoms with Crippen LogP contribution in [0.3, 0.4) is 0 Å². The van der Waals surface area contributed by atoms with E-state index in [1.165, 1.54) is 0 Å². The number of para-hydroxylation sites is 1. The first-order valence-electron chi connectivity index (χ1n) is 7.35. The van der Waals surface area contributed by atoms with Crippen LogP contribution in [0.4, 0.5) is 17.3 Å². The molecule has 0 saturated carbocycles. The van der Waals surface area contributed by atoms with E-state index in [9.17, 15) is 4.79 Å². The van der Waals surface area contributed by atoms with Crippen LogP contribution in [0.2, 0.25) is 0 Å². The van der Waals surface area contributed by atoms with Gasteiger partial charge in [-0.3, -0.25) is 4.79 Å².